The first-order chi connectivity index (χ1) is 13.9. The summed E-state index contributed by atoms with van der Waals surface area (Å²) in [7, 11) is 0. The number of benzene rings is 1. The minimum Gasteiger partial charge on any atom is -0.372 e. The highest BCUT2D eigenvalue weighted by Crippen LogP contribution is 2.38. The van der Waals surface area contributed by atoms with E-state index in [1.165, 1.54) is 6.92 Å². The minimum atomic E-state index is -4.90. The molecule has 30 heavy (non-hydrogen) atoms. The van der Waals surface area contributed by atoms with E-state index in [0.29, 0.717) is 44.4 Å². The van der Waals surface area contributed by atoms with E-state index in [1.54, 1.807) is 0 Å². The number of nitrogens with one attached hydrogen (secondary N) is 2. The summed E-state index contributed by atoms with van der Waals surface area (Å²) < 4.78 is 83.7. The number of carbonyl (C=O) groups is 1. The summed E-state index contributed by atoms with van der Waals surface area (Å²) in [6.45, 7) is 2.04. The molecule has 0 radical (unpaired) electrons. The second-order valence-electron chi connectivity index (χ2n) is 7.79. The van der Waals surface area contributed by atoms with E-state index < -0.39 is 29.6 Å². The van der Waals surface area contributed by atoms with E-state index in [-0.39, 0.29) is 35.8 Å². The molecule has 0 aromatic heterocycles. The standard InChI is InChI=1S/C19H22F6N2O3/c1-11(12-6-13(18(20,21)22)8-14(7-12)19(23,24)25)29-9-15-2-4-17(10-26-15)5-3-16(28)30-27-17/h6-8,11,15,26-27H,2-5,9-10H2,1H3/t11-,15-,17?/m1/s1. The van der Waals surface area contributed by atoms with Gasteiger partial charge in [0.2, 0.25) is 0 Å². The van der Waals surface area contributed by atoms with Gasteiger partial charge in [-0.15, -0.1) is 5.48 Å². The molecule has 11 heteroatoms. The van der Waals surface area contributed by atoms with E-state index in [0.717, 1.165) is 0 Å². The lowest BCUT2D eigenvalue weighted by molar-refractivity contribution is -0.166. The van der Waals surface area contributed by atoms with E-state index in [1.807, 2.05) is 0 Å². The molecular formula is C19H22F6N2O3. The Morgan fingerprint density at radius 3 is 2.23 bits per heavy atom. The van der Waals surface area contributed by atoms with E-state index in [4.69, 9.17) is 9.57 Å². The molecule has 2 aliphatic rings. The Hall–Kier alpha value is -1.85. The average Bonchev–Trinajstić information content (AvgIpc) is 2.68. The molecule has 2 heterocycles. The molecule has 2 fully saturated rings. The molecule has 2 saturated heterocycles. The summed E-state index contributed by atoms with van der Waals surface area (Å²) in [5.41, 5.74) is -0.507. The van der Waals surface area contributed by atoms with Crippen molar-refractivity contribution in [2.75, 3.05) is 13.2 Å². The SMILES string of the molecule is C[C@@H](OC[C@H]1CCC2(CCC(=O)ON2)CN1)c1cc(C(F)(F)F)cc(C(F)(F)F)c1. The van der Waals surface area contributed by atoms with Crippen LogP contribution in [0.1, 0.15) is 55.4 Å². The van der Waals surface area contributed by atoms with Crippen molar-refractivity contribution in [3.63, 3.8) is 0 Å². The number of hydrogen-bond acceptors (Lipinski definition) is 5. The first-order valence-electron chi connectivity index (χ1n) is 9.49. The van der Waals surface area contributed by atoms with Gasteiger partial charge in [-0.25, -0.2) is 0 Å². The number of halogens is 6. The van der Waals surface area contributed by atoms with Gasteiger partial charge in [0.15, 0.2) is 0 Å². The molecule has 1 aromatic carbocycles. The van der Waals surface area contributed by atoms with Gasteiger partial charge in [0, 0.05) is 19.0 Å². The van der Waals surface area contributed by atoms with Crippen molar-refractivity contribution < 1.29 is 40.7 Å². The Labute approximate surface area is 169 Å². The third kappa shape index (κ3) is 5.44. The van der Waals surface area contributed by atoms with Crippen molar-refractivity contribution >= 4 is 5.97 Å². The fourth-order valence-corrected chi connectivity index (χ4v) is 3.60. The predicted molar refractivity (Wildman–Crippen MR) is 93.0 cm³/mol. The fourth-order valence-electron chi connectivity index (χ4n) is 3.60. The lowest BCUT2D eigenvalue weighted by Crippen LogP contribution is -2.61. The number of carbonyl (C=O) groups excluding carboxylic acids is 1. The summed E-state index contributed by atoms with van der Waals surface area (Å²) in [4.78, 5) is 16.1. The topological polar surface area (TPSA) is 59.6 Å². The third-order valence-electron chi connectivity index (χ3n) is 5.52. The van der Waals surface area contributed by atoms with Crippen LogP contribution in [0.25, 0.3) is 0 Å². The van der Waals surface area contributed by atoms with Gasteiger partial charge in [0.1, 0.15) is 0 Å². The van der Waals surface area contributed by atoms with Crippen LogP contribution in [0.15, 0.2) is 18.2 Å². The van der Waals surface area contributed by atoms with Crippen LogP contribution >= 0.6 is 0 Å². The van der Waals surface area contributed by atoms with Crippen molar-refractivity contribution in [1.82, 2.24) is 10.8 Å². The molecule has 5 nitrogen and oxygen atoms in total. The van der Waals surface area contributed by atoms with Gasteiger partial charge >= 0.3 is 18.3 Å². The largest absolute Gasteiger partial charge is 0.416 e. The van der Waals surface area contributed by atoms with Crippen LogP contribution in [0.2, 0.25) is 0 Å². The van der Waals surface area contributed by atoms with Crippen LogP contribution in [-0.4, -0.2) is 30.7 Å². The zero-order valence-electron chi connectivity index (χ0n) is 16.1. The van der Waals surface area contributed by atoms with Crippen molar-refractivity contribution in [2.45, 2.75) is 62.6 Å². The molecular weight excluding hydrogens is 418 g/mol. The number of hydroxylamine groups is 1. The quantitative estimate of drug-likeness (QED) is 0.690. The summed E-state index contributed by atoms with van der Waals surface area (Å²) in [5, 5.41) is 3.23. The van der Waals surface area contributed by atoms with E-state index >= 15 is 0 Å². The first-order valence-corrected chi connectivity index (χ1v) is 9.49. The molecule has 0 saturated carbocycles. The van der Waals surface area contributed by atoms with Crippen LogP contribution in [0.4, 0.5) is 26.3 Å². The maximum atomic E-state index is 13.0. The maximum Gasteiger partial charge on any atom is 0.416 e. The summed E-state index contributed by atoms with van der Waals surface area (Å²) in [6, 6.07) is 1.35. The summed E-state index contributed by atoms with van der Waals surface area (Å²) in [5.74, 6) is -0.320. The molecule has 1 unspecified atom stereocenters. The van der Waals surface area contributed by atoms with Gasteiger partial charge in [-0.3, -0.25) is 4.79 Å². The van der Waals surface area contributed by atoms with Crippen LogP contribution in [0.5, 0.6) is 0 Å². The van der Waals surface area contributed by atoms with Crippen LogP contribution < -0.4 is 10.8 Å². The van der Waals surface area contributed by atoms with Gasteiger partial charge in [-0.2, -0.15) is 26.3 Å². The van der Waals surface area contributed by atoms with E-state index in [9.17, 15) is 31.1 Å². The molecule has 168 valence electrons. The van der Waals surface area contributed by atoms with Crippen molar-refractivity contribution in [2.24, 2.45) is 0 Å². The zero-order valence-corrected chi connectivity index (χ0v) is 16.1. The Morgan fingerprint density at radius 2 is 1.77 bits per heavy atom. The highest BCUT2D eigenvalue weighted by atomic mass is 19.4. The Bertz CT molecular complexity index is 728. The maximum absolute atomic E-state index is 13.0. The summed E-state index contributed by atoms with van der Waals surface area (Å²) in [6.07, 6.45) is -8.49. The lowest BCUT2D eigenvalue weighted by Gasteiger charge is -2.42. The number of rotatable bonds is 4. The highest BCUT2D eigenvalue weighted by Gasteiger charge is 2.40. The summed E-state index contributed by atoms with van der Waals surface area (Å²) >= 11 is 0. The number of piperidine rings is 1. The third-order valence-corrected chi connectivity index (χ3v) is 5.52. The number of ether oxygens (including phenoxy) is 1. The lowest BCUT2D eigenvalue weighted by atomic mass is 9.83. The second-order valence-corrected chi connectivity index (χ2v) is 7.79. The molecule has 0 bridgehead atoms. The fraction of sp³-hybridized carbons (Fsp3) is 0.632. The zero-order chi connectivity index (χ0) is 22.2. The molecule has 2 N–H and O–H groups in total. The Balaban J connectivity index is 1.61. The Morgan fingerprint density at radius 1 is 1.13 bits per heavy atom. The first kappa shape index (κ1) is 22.8. The van der Waals surface area contributed by atoms with Crippen LogP contribution in [0.3, 0.4) is 0 Å². The molecule has 3 atom stereocenters. The van der Waals surface area contributed by atoms with E-state index in [2.05, 4.69) is 10.8 Å². The highest BCUT2D eigenvalue weighted by molar-refractivity contribution is 5.69. The van der Waals surface area contributed by atoms with Gasteiger partial charge in [0.05, 0.1) is 29.4 Å². The number of alkyl halides is 6. The van der Waals surface area contributed by atoms with Crippen molar-refractivity contribution in [1.29, 1.82) is 0 Å². The van der Waals surface area contributed by atoms with Gasteiger partial charge in [-0.05, 0) is 49.9 Å². The molecule has 1 spiro atoms. The average molecular weight is 440 g/mol. The van der Waals surface area contributed by atoms with Crippen LogP contribution in [0, 0.1) is 0 Å². The molecule has 2 aliphatic heterocycles. The minimum absolute atomic E-state index is 0.0995. The smallest absolute Gasteiger partial charge is 0.372 e. The van der Waals surface area contributed by atoms with Gasteiger partial charge < -0.3 is 14.9 Å². The number of hydrogen-bond donors (Lipinski definition) is 2. The predicted octanol–water partition coefficient (Wildman–Crippen LogP) is 4.13. The van der Waals surface area contributed by atoms with Crippen molar-refractivity contribution in [3.05, 3.63) is 34.9 Å². The normalized spacial score (nSPS) is 26.5. The molecule has 3 rings (SSSR count). The van der Waals surface area contributed by atoms with Gasteiger partial charge in [-0.1, -0.05) is 0 Å². The molecule has 0 aliphatic carbocycles. The van der Waals surface area contributed by atoms with Crippen LogP contribution in [-0.2, 0) is 26.7 Å². The monoisotopic (exact) mass is 440 g/mol. The van der Waals surface area contributed by atoms with Crippen molar-refractivity contribution in [3.8, 4) is 0 Å². The Kier molecular flexibility index (Phi) is 6.35. The van der Waals surface area contributed by atoms with Gasteiger partial charge in [0.25, 0.3) is 0 Å². The second kappa shape index (κ2) is 8.35. The molecule has 0 amide bonds. The molecule has 1 aromatic rings.